The second-order valence-corrected chi connectivity index (χ2v) is 6.97. The van der Waals surface area contributed by atoms with Crippen LogP contribution in [0.2, 0.25) is 0 Å². The molecular formula is C13H11F3O4S. The molecule has 0 aliphatic heterocycles. The monoisotopic (exact) mass is 320 g/mol. The van der Waals surface area contributed by atoms with Crippen LogP contribution < -0.4 is 0 Å². The Hall–Kier alpha value is -1.83. The summed E-state index contributed by atoms with van der Waals surface area (Å²) in [7, 11) is -4.16. The molecule has 4 nitrogen and oxygen atoms in total. The van der Waals surface area contributed by atoms with Crippen molar-refractivity contribution in [3.63, 3.8) is 0 Å². The number of carboxylic acids is 1. The van der Waals surface area contributed by atoms with Crippen molar-refractivity contribution >= 4 is 21.9 Å². The van der Waals surface area contributed by atoms with Gasteiger partial charge in [-0.3, -0.25) is 0 Å². The van der Waals surface area contributed by atoms with Crippen LogP contribution in [0.1, 0.15) is 16.4 Å². The highest BCUT2D eigenvalue weighted by atomic mass is 32.2. The molecule has 0 aromatic heterocycles. The number of aliphatic carboxylic acids is 1. The van der Waals surface area contributed by atoms with Gasteiger partial charge in [-0.15, -0.1) is 0 Å². The maximum Gasteiger partial charge on any atom is 0.397 e. The summed E-state index contributed by atoms with van der Waals surface area (Å²) >= 11 is 0. The summed E-state index contributed by atoms with van der Waals surface area (Å²) in [6, 6.07) is 5.59. The van der Waals surface area contributed by atoms with Gasteiger partial charge in [-0.2, -0.15) is 13.2 Å². The molecule has 8 heteroatoms. The van der Waals surface area contributed by atoms with Crippen LogP contribution in [0.4, 0.5) is 13.2 Å². The van der Waals surface area contributed by atoms with Crippen LogP contribution in [-0.4, -0.2) is 31.9 Å². The van der Waals surface area contributed by atoms with Crippen molar-refractivity contribution in [2.24, 2.45) is 5.92 Å². The fraction of sp³-hybridized carbons (Fsp3) is 0.308. The lowest BCUT2D eigenvalue weighted by atomic mass is 9.82. The van der Waals surface area contributed by atoms with Gasteiger partial charge >= 0.3 is 12.1 Å². The van der Waals surface area contributed by atoms with Crippen molar-refractivity contribution in [3.8, 4) is 0 Å². The Kier molecular flexibility index (Phi) is 3.61. The molecule has 1 aromatic carbocycles. The molecule has 1 unspecified atom stereocenters. The fourth-order valence-corrected chi connectivity index (χ4v) is 3.99. The third kappa shape index (κ3) is 2.80. The molecule has 1 aliphatic carbocycles. The third-order valence-electron chi connectivity index (χ3n) is 3.31. The van der Waals surface area contributed by atoms with Gasteiger partial charge in [-0.25, -0.2) is 13.2 Å². The highest BCUT2D eigenvalue weighted by Crippen LogP contribution is 2.49. The molecule has 0 amide bonds. The van der Waals surface area contributed by atoms with Crippen molar-refractivity contribution in [1.29, 1.82) is 0 Å². The van der Waals surface area contributed by atoms with Gasteiger partial charge in [0.2, 0.25) is 0 Å². The predicted octanol–water partition coefficient (Wildman–Crippen LogP) is 2.43. The summed E-state index contributed by atoms with van der Waals surface area (Å²) in [4.78, 5) is 11.1. The predicted molar refractivity (Wildman–Crippen MR) is 69.2 cm³/mol. The van der Waals surface area contributed by atoms with Crippen LogP contribution in [0.3, 0.4) is 0 Å². The molecule has 114 valence electrons. The molecular weight excluding hydrogens is 309 g/mol. The lowest BCUT2D eigenvalue weighted by Crippen LogP contribution is -2.38. The number of alkyl halides is 3. The Bertz CT molecular complexity index is 719. The molecule has 0 saturated heterocycles. The Morgan fingerprint density at radius 3 is 2.29 bits per heavy atom. The minimum absolute atomic E-state index is 0.0349. The summed E-state index contributed by atoms with van der Waals surface area (Å²) in [5.41, 5.74) is -0.824. The molecule has 0 saturated carbocycles. The second-order valence-electron chi connectivity index (χ2n) is 4.80. The zero-order valence-electron chi connectivity index (χ0n) is 10.8. The van der Waals surface area contributed by atoms with E-state index in [1.54, 1.807) is 0 Å². The zero-order chi connectivity index (χ0) is 16.0. The third-order valence-corrected chi connectivity index (χ3v) is 4.76. The molecule has 1 aromatic rings. The molecule has 1 N–H and O–H groups in total. The lowest BCUT2D eigenvalue weighted by Gasteiger charge is -2.32. The normalized spacial score (nSPS) is 22.4. The van der Waals surface area contributed by atoms with Gasteiger partial charge in [0.1, 0.15) is 11.2 Å². The van der Waals surface area contributed by atoms with Crippen LogP contribution >= 0.6 is 0 Å². The van der Waals surface area contributed by atoms with Gasteiger partial charge in [0, 0.05) is 6.26 Å². The van der Waals surface area contributed by atoms with Crippen molar-refractivity contribution in [1.82, 2.24) is 0 Å². The number of fused-ring (bicyclic) bond motifs is 1. The van der Waals surface area contributed by atoms with E-state index in [9.17, 15) is 26.4 Å². The Balaban J connectivity index is 2.81. The first-order valence-electron chi connectivity index (χ1n) is 5.83. The zero-order valence-corrected chi connectivity index (χ0v) is 11.6. The first-order chi connectivity index (χ1) is 9.53. The van der Waals surface area contributed by atoms with E-state index >= 15 is 0 Å². The first-order valence-corrected chi connectivity index (χ1v) is 7.78. The number of benzene rings is 1. The Morgan fingerprint density at radius 2 is 1.81 bits per heavy atom. The van der Waals surface area contributed by atoms with E-state index in [1.165, 1.54) is 24.3 Å². The van der Waals surface area contributed by atoms with Gasteiger partial charge in [0.15, 0.2) is 9.84 Å². The van der Waals surface area contributed by atoms with Crippen LogP contribution in [0.25, 0.3) is 6.08 Å². The molecule has 2 atom stereocenters. The average molecular weight is 320 g/mol. The minimum atomic E-state index is -4.98. The highest BCUT2D eigenvalue weighted by Gasteiger charge is 2.54. The Labute approximate surface area is 118 Å². The van der Waals surface area contributed by atoms with Gasteiger partial charge in [-0.05, 0) is 17.2 Å². The molecule has 0 radical (unpaired) electrons. The average Bonchev–Trinajstić information content (AvgIpc) is 2.33. The number of carbonyl (C=O) groups is 1. The number of rotatable bonds is 2. The van der Waals surface area contributed by atoms with E-state index in [0.29, 0.717) is 6.26 Å². The van der Waals surface area contributed by atoms with E-state index in [0.717, 1.165) is 6.08 Å². The summed E-state index contributed by atoms with van der Waals surface area (Å²) in [5.74, 6) is -4.36. The molecule has 0 heterocycles. The number of hydrogen-bond acceptors (Lipinski definition) is 3. The molecule has 21 heavy (non-hydrogen) atoms. The van der Waals surface area contributed by atoms with E-state index in [2.05, 4.69) is 0 Å². The lowest BCUT2D eigenvalue weighted by molar-refractivity contribution is -0.170. The second kappa shape index (κ2) is 4.87. The van der Waals surface area contributed by atoms with Crippen molar-refractivity contribution in [2.75, 3.05) is 6.26 Å². The highest BCUT2D eigenvalue weighted by molar-refractivity contribution is 7.91. The van der Waals surface area contributed by atoms with E-state index in [1.807, 2.05) is 0 Å². The molecule has 2 rings (SSSR count). The number of halogens is 3. The fourth-order valence-electron chi connectivity index (χ4n) is 2.52. The summed E-state index contributed by atoms with van der Waals surface area (Å²) in [6.45, 7) is 0. The van der Waals surface area contributed by atoms with Gasteiger partial charge in [-0.1, -0.05) is 24.3 Å². The van der Waals surface area contributed by atoms with Crippen molar-refractivity contribution in [3.05, 3.63) is 41.0 Å². The minimum Gasteiger partial charge on any atom is -0.478 e. The molecule has 0 fully saturated rings. The van der Waals surface area contributed by atoms with Crippen molar-refractivity contribution < 1.29 is 31.5 Å². The molecule has 0 spiro atoms. The largest absolute Gasteiger partial charge is 0.478 e. The van der Waals surface area contributed by atoms with E-state index in [-0.39, 0.29) is 11.1 Å². The number of carboxylic acid groups (broad SMARTS) is 1. The van der Waals surface area contributed by atoms with Crippen LogP contribution in [0, 0.1) is 5.92 Å². The number of sulfone groups is 1. The maximum atomic E-state index is 13.3. The van der Waals surface area contributed by atoms with Crippen LogP contribution in [0.5, 0.6) is 0 Å². The van der Waals surface area contributed by atoms with Crippen LogP contribution in [0.15, 0.2) is 29.8 Å². The molecule has 1 aliphatic rings. The maximum absolute atomic E-state index is 13.3. The summed E-state index contributed by atoms with van der Waals surface area (Å²) in [5, 5.41) is 7.06. The van der Waals surface area contributed by atoms with Gasteiger partial charge in [0.05, 0.1) is 5.57 Å². The van der Waals surface area contributed by atoms with Crippen molar-refractivity contribution in [2.45, 2.75) is 11.4 Å². The smallest absolute Gasteiger partial charge is 0.397 e. The number of hydrogen-bond donors (Lipinski definition) is 1. The SMILES string of the molecule is CS(=O)(=O)C1c2ccccc2C=C(C(=O)O)[C@H]1C(F)(F)F. The quantitative estimate of drug-likeness (QED) is 0.908. The van der Waals surface area contributed by atoms with Gasteiger partial charge in [0.25, 0.3) is 0 Å². The first kappa shape index (κ1) is 15.6. The van der Waals surface area contributed by atoms with E-state index < -0.39 is 38.7 Å². The standard InChI is InChI=1S/C13H11F3O4S/c1-21(19,20)11-8-5-3-2-4-7(8)6-9(12(17)18)10(11)13(14,15)16/h2-6,10-11H,1H3,(H,17,18)/t10-,11?/m1/s1. The Morgan fingerprint density at radius 1 is 1.24 bits per heavy atom. The van der Waals surface area contributed by atoms with Crippen LogP contribution in [-0.2, 0) is 14.6 Å². The molecule has 0 bridgehead atoms. The van der Waals surface area contributed by atoms with Gasteiger partial charge < -0.3 is 5.11 Å². The van der Waals surface area contributed by atoms with E-state index in [4.69, 9.17) is 5.11 Å². The summed E-state index contributed by atoms with van der Waals surface area (Å²) < 4.78 is 63.5. The summed E-state index contributed by atoms with van der Waals surface area (Å²) in [6.07, 6.45) is -3.42. The topological polar surface area (TPSA) is 71.4 Å².